The molecule has 0 atom stereocenters. The van der Waals surface area contributed by atoms with Crippen LogP contribution < -0.4 is 0 Å². The Balaban J connectivity index is 2.26. The van der Waals surface area contributed by atoms with E-state index >= 15 is 0 Å². The fourth-order valence-electron chi connectivity index (χ4n) is 1.77. The number of nitrogens with zero attached hydrogens (tertiary/aromatic N) is 3. The second-order valence-corrected chi connectivity index (χ2v) is 5.68. The maximum Gasteiger partial charge on any atom is 0.262 e. The average Bonchev–Trinajstić information content (AvgIpc) is 2.67. The molecule has 0 radical (unpaired) electrons. The van der Waals surface area contributed by atoms with Crippen molar-refractivity contribution in [1.82, 2.24) is 14.1 Å². The minimum atomic E-state index is -3.34. The van der Waals surface area contributed by atoms with Crippen LogP contribution >= 0.6 is 0 Å². The van der Waals surface area contributed by atoms with Crippen molar-refractivity contribution < 1.29 is 8.42 Å². The highest BCUT2D eigenvalue weighted by Crippen LogP contribution is 2.18. The smallest absolute Gasteiger partial charge is 0.262 e. The third kappa shape index (κ3) is 2.05. The average molecular weight is 229 g/mol. The molecule has 0 saturated carbocycles. The van der Waals surface area contributed by atoms with Crippen LogP contribution in [0.25, 0.3) is 0 Å². The summed E-state index contributed by atoms with van der Waals surface area (Å²) in [4.78, 5) is 0. The molecule has 15 heavy (non-hydrogen) atoms. The van der Waals surface area contributed by atoms with E-state index < -0.39 is 10.0 Å². The number of hydrogen-bond donors (Lipinski definition) is 0. The van der Waals surface area contributed by atoms with Gasteiger partial charge in [0.25, 0.3) is 10.0 Å². The van der Waals surface area contributed by atoms with Crippen LogP contribution in [0.3, 0.4) is 0 Å². The lowest BCUT2D eigenvalue weighted by atomic mass is 10.2. The van der Waals surface area contributed by atoms with Crippen LogP contribution in [-0.2, 0) is 17.1 Å². The summed E-state index contributed by atoms with van der Waals surface area (Å²) in [5.74, 6) is 0. The number of sulfonamides is 1. The van der Waals surface area contributed by atoms with Crippen molar-refractivity contribution in [3.63, 3.8) is 0 Å². The van der Waals surface area contributed by atoms with E-state index in [4.69, 9.17) is 0 Å². The zero-order chi connectivity index (χ0) is 10.9. The molecule has 0 spiro atoms. The molecule has 6 heteroatoms. The molecule has 0 bridgehead atoms. The quantitative estimate of drug-likeness (QED) is 0.746. The first kappa shape index (κ1) is 10.6. The number of hydrogen-bond acceptors (Lipinski definition) is 3. The second kappa shape index (κ2) is 3.94. The van der Waals surface area contributed by atoms with Crippen molar-refractivity contribution >= 4 is 10.0 Å². The topological polar surface area (TPSA) is 55.2 Å². The third-order valence-corrected chi connectivity index (χ3v) is 4.40. The Morgan fingerprint density at radius 1 is 1.27 bits per heavy atom. The normalized spacial score (nSPS) is 19.3. The van der Waals surface area contributed by atoms with E-state index in [1.807, 2.05) is 0 Å². The van der Waals surface area contributed by atoms with Gasteiger partial charge in [0.15, 0.2) is 5.03 Å². The third-order valence-electron chi connectivity index (χ3n) is 2.61. The lowest BCUT2D eigenvalue weighted by molar-refractivity contribution is 0.345. The highest BCUT2D eigenvalue weighted by molar-refractivity contribution is 7.89. The Labute approximate surface area is 89.7 Å². The van der Waals surface area contributed by atoms with Gasteiger partial charge in [-0.05, 0) is 18.9 Å². The summed E-state index contributed by atoms with van der Waals surface area (Å²) < 4.78 is 27.1. The van der Waals surface area contributed by atoms with E-state index in [2.05, 4.69) is 5.10 Å². The maximum atomic E-state index is 12.1. The predicted molar refractivity (Wildman–Crippen MR) is 55.8 cm³/mol. The fourth-order valence-corrected chi connectivity index (χ4v) is 3.24. The fraction of sp³-hybridized carbons (Fsp3) is 0.667. The molecule has 1 fully saturated rings. The van der Waals surface area contributed by atoms with Crippen molar-refractivity contribution in [3.8, 4) is 0 Å². The summed E-state index contributed by atoms with van der Waals surface area (Å²) in [5, 5.41) is 4.10. The minimum Gasteiger partial charge on any atom is -0.274 e. The zero-order valence-corrected chi connectivity index (χ0v) is 9.57. The van der Waals surface area contributed by atoms with Gasteiger partial charge in [0, 0.05) is 26.3 Å². The van der Waals surface area contributed by atoms with Crippen molar-refractivity contribution in [3.05, 3.63) is 12.3 Å². The van der Waals surface area contributed by atoms with E-state index in [-0.39, 0.29) is 5.03 Å². The van der Waals surface area contributed by atoms with E-state index in [9.17, 15) is 8.42 Å². The zero-order valence-electron chi connectivity index (χ0n) is 8.76. The molecule has 1 aliphatic heterocycles. The first-order valence-corrected chi connectivity index (χ1v) is 6.54. The molecule has 0 amide bonds. The van der Waals surface area contributed by atoms with Gasteiger partial charge in [0.2, 0.25) is 0 Å². The highest BCUT2D eigenvalue weighted by atomic mass is 32.2. The van der Waals surface area contributed by atoms with Crippen LogP contribution in [0.5, 0.6) is 0 Å². The van der Waals surface area contributed by atoms with E-state index in [1.54, 1.807) is 19.3 Å². The van der Waals surface area contributed by atoms with Gasteiger partial charge in [-0.15, -0.1) is 0 Å². The summed E-state index contributed by atoms with van der Waals surface area (Å²) >= 11 is 0. The summed E-state index contributed by atoms with van der Waals surface area (Å²) in [7, 11) is -1.62. The lowest BCUT2D eigenvalue weighted by Gasteiger charge is -2.24. The Hall–Kier alpha value is -0.880. The molecule has 0 unspecified atom stereocenters. The first-order valence-electron chi connectivity index (χ1n) is 5.10. The molecule has 2 rings (SSSR count). The molecule has 0 aliphatic carbocycles. The summed E-state index contributed by atoms with van der Waals surface area (Å²) in [6, 6.07) is 1.55. The van der Waals surface area contributed by atoms with Crippen LogP contribution in [-0.4, -0.2) is 35.6 Å². The highest BCUT2D eigenvalue weighted by Gasteiger charge is 2.27. The Bertz CT molecular complexity index is 432. The standard InChI is InChI=1S/C9H15N3O2S/c1-11-8-5-9(10-11)15(13,14)12-6-3-2-4-7-12/h5,8H,2-4,6-7H2,1H3. The summed E-state index contributed by atoms with van der Waals surface area (Å²) in [5.41, 5.74) is 0. The molecule has 1 aliphatic rings. The molecule has 0 N–H and O–H groups in total. The minimum absolute atomic E-state index is 0.159. The predicted octanol–water partition coefficient (Wildman–Crippen LogP) is 0.595. The number of aryl methyl sites for hydroxylation is 1. The molecule has 84 valence electrons. The van der Waals surface area contributed by atoms with Crippen molar-refractivity contribution in [1.29, 1.82) is 0 Å². The second-order valence-electron chi connectivity index (χ2n) is 3.79. The number of piperidine rings is 1. The SMILES string of the molecule is Cn1ccc(S(=O)(=O)N2CCCCC2)n1. The first-order chi connectivity index (χ1) is 7.10. The lowest BCUT2D eigenvalue weighted by Crippen LogP contribution is -2.35. The van der Waals surface area contributed by atoms with Crippen LogP contribution in [0.15, 0.2) is 17.3 Å². The van der Waals surface area contributed by atoms with Gasteiger partial charge in [-0.2, -0.15) is 9.40 Å². The Kier molecular flexibility index (Phi) is 2.79. The molecular weight excluding hydrogens is 214 g/mol. The molecule has 5 nitrogen and oxygen atoms in total. The molecule has 0 aromatic carbocycles. The Morgan fingerprint density at radius 3 is 2.47 bits per heavy atom. The van der Waals surface area contributed by atoms with Crippen molar-refractivity contribution in [2.45, 2.75) is 24.3 Å². The number of aromatic nitrogens is 2. The van der Waals surface area contributed by atoms with Crippen LogP contribution in [0.4, 0.5) is 0 Å². The molecule has 1 aromatic rings. The largest absolute Gasteiger partial charge is 0.274 e. The molecule has 1 aromatic heterocycles. The Morgan fingerprint density at radius 2 is 1.93 bits per heavy atom. The van der Waals surface area contributed by atoms with Crippen molar-refractivity contribution in [2.24, 2.45) is 7.05 Å². The van der Waals surface area contributed by atoms with E-state index in [0.29, 0.717) is 13.1 Å². The van der Waals surface area contributed by atoms with Gasteiger partial charge in [-0.3, -0.25) is 4.68 Å². The van der Waals surface area contributed by atoms with Gasteiger partial charge in [-0.25, -0.2) is 8.42 Å². The summed E-state index contributed by atoms with van der Waals surface area (Å²) in [6.07, 6.45) is 4.67. The van der Waals surface area contributed by atoms with Crippen LogP contribution in [0.2, 0.25) is 0 Å². The summed E-state index contributed by atoms with van der Waals surface area (Å²) in [6.45, 7) is 1.25. The molecular formula is C9H15N3O2S. The van der Waals surface area contributed by atoms with Gasteiger partial charge < -0.3 is 0 Å². The van der Waals surface area contributed by atoms with E-state index in [1.165, 1.54) is 8.99 Å². The number of rotatable bonds is 2. The van der Waals surface area contributed by atoms with Gasteiger partial charge >= 0.3 is 0 Å². The monoisotopic (exact) mass is 229 g/mol. The van der Waals surface area contributed by atoms with Gasteiger partial charge in [-0.1, -0.05) is 6.42 Å². The van der Waals surface area contributed by atoms with Crippen LogP contribution in [0, 0.1) is 0 Å². The van der Waals surface area contributed by atoms with Crippen molar-refractivity contribution in [2.75, 3.05) is 13.1 Å². The maximum absolute atomic E-state index is 12.1. The van der Waals surface area contributed by atoms with Gasteiger partial charge in [0.1, 0.15) is 0 Å². The molecule has 2 heterocycles. The van der Waals surface area contributed by atoms with E-state index in [0.717, 1.165) is 19.3 Å². The van der Waals surface area contributed by atoms with Gasteiger partial charge in [0.05, 0.1) is 0 Å². The molecule has 1 saturated heterocycles. The van der Waals surface area contributed by atoms with Crippen LogP contribution in [0.1, 0.15) is 19.3 Å².